The molecule has 1 saturated carbocycles. The van der Waals surface area contributed by atoms with E-state index in [1.807, 2.05) is 0 Å². The molecule has 7 nitrogen and oxygen atoms in total. The maximum Gasteiger partial charge on any atom is 0.391 e. The lowest BCUT2D eigenvalue weighted by Crippen LogP contribution is -2.35. The summed E-state index contributed by atoms with van der Waals surface area (Å²) < 4.78 is 63.5. The van der Waals surface area contributed by atoms with Crippen molar-refractivity contribution in [3.8, 4) is 0 Å². The first-order valence-electron chi connectivity index (χ1n) is 13.9. The van der Waals surface area contributed by atoms with Gasteiger partial charge >= 0.3 is 6.18 Å². The Balaban J connectivity index is 1.44. The van der Waals surface area contributed by atoms with E-state index in [0.717, 1.165) is 11.3 Å². The second-order valence-corrected chi connectivity index (χ2v) is 13.6. The molecule has 1 amide bonds. The summed E-state index contributed by atoms with van der Waals surface area (Å²) in [5, 5.41) is 12.7. The minimum Gasteiger partial charge on any atom is -0.394 e. The number of benzene rings is 1. The van der Waals surface area contributed by atoms with Crippen LogP contribution in [0, 0.1) is 17.8 Å². The minimum absolute atomic E-state index is 0.0217. The molecule has 2 atom stereocenters. The van der Waals surface area contributed by atoms with Crippen molar-refractivity contribution >= 4 is 15.7 Å². The van der Waals surface area contributed by atoms with E-state index >= 15 is 0 Å². The number of carbonyl (C=O) groups is 1. The maximum absolute atomic E-state index is 13.1. The number of alkyl halides is 3. The third-order valence-corrected chi connectivity index (χ3v) is 10.0. The summed E-state index contributed by atoms with van der Waals surface area (Å²) in [6, 6.07) is 7.20. The van der Waals surface area contributed by atoms with E-state index < -0.39 is 33.9 Å². The topological polar surface area (TPSA) is 99.6 Å². The molecular weight excluding hydrogens is 543 g/mol. The lowest BCUT2D eigenvalue weighted by atomic mass is 9.81. The van der Waals surface area contributed by atoms with Crippen LogP contribution in [-0.4, -0.2) is 54.4 Å². The van der Waals surface area contributed by atoms with Crippen molar-refractivity contribution in [3.63, 3.8) is 0 Å². The number of aromatic nitrogens is 1. The molecule has 0 unspecified atom stereocenters. The van der Waals surface area contributed by atoms with Crippen molar-refractivity contribution in [1.29, 1.82) is 0 Å². The zero-order chi connectivity index (χ0) is 29.2. The Morgan fingerprint density at radius 2 is 1.80 bits per heavy atom. The Kier molecular flexibility index (Phi) is 9.26. The van der Waals surface area contributed by atoms with Gasteiger partial charge in [-0.3, -0.25) is 14.7 Å². The zero-order valence-corrected chi connectivity index (χ0v) is 23.9. The highest BCUT2D eigenvalue weighted by molar-refractivity contribution is 7.91. The van der Waals surface area contributed by atoms with Crippen LogP contribution in [0.1, 0.15) is 85.7 Å². The van der Waals surface area contributed by atoms with Gasteiger partial charge in [-0.2, -0.15) is 13.2 Å². The zero-order valence-electron chi connectivity index (χ0n) is 23.1. The van der Waals surface area contributed by atoms with Gasteiger partial charge in [0.1, 0.15) is 0 Å². The SMILES string of the molecule is CCS(=O)(=O)c1ccc([C@H](CO)NC(=O)c2cnc3c(c2)CN(CC2CCC(C(F)(F)F)CC2)[C@H]3C(C)C)cc1. The molecule has 1 aliphatic carbocycles. The minimum atomic E-state index is -4.12. The van der Waals surface area contributed by atoms with Crippen LogP contribution in [0.2, 0.25) is 0 Å². The van der Waals surface area contributed by atoms with Gasteiger partial charge in [-0.25, -0.2) is 8.42 Å². The Morgan fingerprint density at radius 1 is 1.15 bits per heavy atom. The fraction of sp³-hybridized carbons (Fsp3) is 0.586. The van der Waals surface area contributed by atoms with Crippen molar-refractivity contribution in [2.45, 2.75) is 76.2 Å². The number of sulfone groups is 1. The molecule has 0 saturated heterocycles. The Morgan fingerprint density at radius 3 is 2.35 bits per heavy atom. The number of nitrogens with zero attached hydrogens (tertiary/aromatic N) is 2. The number of aliphatic hydroxyl groups is 1. The van der Waals surface area contributed by atoms with Crippen molar-refractivity contribution in [2.24, 2.45) is 17.8 Å². The monoisotopic (exact) mass is 581 g/mol. The van der Waals surface area contributed by atoms with E-state index in [4.69, 9.17) is 0 Å². The van der Waals surface area contributed by atoms with Crippen LogP contribution in [0.25, 0.3) is 0 Å². The lowest BCUT2D eigenvalue weighted by molar-refractivity contribution is -0.184. The first-order chi connectivity index (χ1) is 18.8. The molecule has 1 aromatic carbocycles. The van der Waals surface area contributed by atoms with Crippen LogP contribution < -0.4 is 5.32 Å². The van der Waals surface area contributed by atoms with Crippen LogP contribution in [0.3, 0.4) is 0 Å². The molecule has 220 valence electrons. The van der Waals surface area contributed by atoms with E-state index in [2.05, 4.69) is 29.0 Å². The molecule has 1 fully saturated rings. The molecule has 2 heterocycles. The second-order valence-electron chi connectivity index (χ2n) is 11.3. The van der Waals surface area contributed by atoms with Crippen LogP contribution >= 0.6 is 0 Å². The summed E-state index contributed by atoms with van der Waals surface area (Å²) in [6.07, 6.45) is -1.15. The molecule has 4 rings (SSSR count). The van der Waals surface area contributed by atoms with Gasteiger partial charge in [0, 0.05) is 19.3 Å². The van der Waals surface area contributed by atoms with Gasteiger partial charge in [-0.05, 0) is 66.8 Å². The van der Waals surface area contributed by atoms with E-state index in [1.54, 1.807) is 25.1 Å². The summed E-state index contributed by atoms with van der Waals surface area (Å²) in [6.45, 7) is 6.65. The average Bonchev–Trinajstić information content (AvgIpc) is 3.28. The number of nitrogens with one attached hydrogen (secondary N) is 1. The van der Waals surface area contributed by atoms with Crippen LogP contribution in [-0.2, 0) is 16.4 Å². The number of carbonyl (C=O) groups excluding carboxylic acids is 1. The first-order valence-corrected chi connectivity index (χ1v) is 15.5. The number of amides is 1. The lowest BCUT2D eigenvalue weighted by Gasteiger charge is -2.35. The van der Waals surface area contributed by atoms with Crippen molar-refractivity contribution in [1.82, 2.24) is 15.2 Å². The maximum atomic E-state index is 13.1. The summed E-state index contributed by atoms with van der Waals surface area (Å²) in [5.41, 5.74) is 2.73. The number of halogens is 3. The molecule has 0 radical (unpaired) electrons. The van der Waals surface area contributed by atoms with Gasteiger partial charge in [0.25, 0.3) is 5.91 Å². The highest BCUT2D eigenvalue weighted by Gasteiger charge is 2.42. The number of pyridine rings is 1. The normalized spacial score (nSPS) is 22.8. The second kappa shape index (κ2) is 12.2. The Labute approximate surface area is 234 Å². The number of hydrogen-bond donors (Lipinski definition) is 2. The molecule has 1 aliphatic heterocycles. The number of rotatable bonds is 9. The van der Waals surface area contributed by atoms with Crippen molar-refractivity contribution < 1.29 is 31.5 Å². The van der Waals surface area contributed by atoms with Crippen LogP contribution in [0.15, 0.2) is 41.4 Å². The van der Waals surface area contributed by atoms with E-state index in [9.17, 15) is 31.5 Å². The molecule has 1 aromatic heterocycles. The molecule has 2 N–H and O–H groups in total. The summed E-state index contributed by atoms with van der Waals surface area (Å²) >= 11 is 0. The van der Waals surface area contributed by atoms with Gasteiger partial charge in [0.05, 0.1) is 46.5 Å². The first kappa shape index (κ1) is 30.5. The van der Waals surface area contributed by atoms with Gasteiger partial charge in [-0.1, -0.05) is 32.9 Å². The van der Waals surface area contributed by atoms with Gasteiger partial charge in [-0.15, -0.1) is 0 Å². The standard InChI is InChI=1S/C29H38F3N3O4S/c1-4-40(38,39)24-11-7-20(8-12-24)25(17-36)34-28(37)21-13-22-16-35(27(18(2)3)26(22)33-14-21)15-19-5-9-23(10-6-19)29(30,31)32/h7-8,11-14,18-19,23,25,27,36H,4-6,9-10,15-17H2,1-3H3,(H,34,37)/t19?,23?,25-,27-/m0/s1. The summed E-state index contributed by atoms with van der Waals surface area (Å²) in [7, 11) is -3.36. The molecule has 2 aliphatic rings. The molecule has 0 bridgehead atoms. The van der Waals surface area contributed by atoms with Gasteiger partial charge in [0.15, 0.2) is 9.84 Å². The Hall–Kier alpha value is -2.50. The van der Waals surface area contributed by atoms with Crippen molar-refractivity contribution in [3.05, 3.63) is 58.9 Å². The van der Waals surface area contributed by atoms with Crippen LogP contribution in [0.5, 0.6) is 0 Å². The highest BCUT2D eigenvalue weighted by Crippen LogP contribution is 2.43. The van der Waals surface area contributed by atoms with Crippen molar-refractivity contribution in [2.75, 3.05) is 18.9 Å². The average molecular weight is 582 g/mol. The van der Waals surface area contributed by atoms with E-state index in [-0.39, 0.29) is 48.0 Å². The largest absolute Gasteiger partial charge is 0.394 e. The molecule has 2 aromatic rings. The smallest absolute Gasteiger partial charge is 0.391 e. The quantitative estimate of drug-likeness (QED) is 0.421. The van der Waals surface area contributed by atoms with Crippen LogP contribution in [0.4, 0.5) is 13.2 Å². The molecular formula is C29H38F3N3O4S. The fourth-order valence-electron chi connectivity index (χ4n) is 6.00. The summed E-state index contributed by atoms with van der Waals surface area (Å²) in [4.78, 5) is 20.2. The molecule has 0 spiro atoms. The predicted octanol–water partition coefficient (Wildman–Crippen LogP) is 5.22. The number of aliphatic hydroxyl groups excluding tert-OH is 1. The highest BCUT2D eigenvalue weighted by atomic mass is 32.2. The van der Waals surface area contributed by atoms with E-state index in [1.165, 1.54) is 18.3 Å². The van der Waals surface area contributed by atoms with Gasteiger partial charge < -0.3 is 10.4 Å². The Bertz CT molecular complexity index is 1290. The molecule has 11 heteroatoms. The number of hydrogen-bond acceptors (Lipinski definition) is 6. The molecule has 40 heavy (non-hydrogen) atoms. The number of fused-ring (bicyclic) bond motifs is 1. The van der Waals surface area contributed by atoms with Gasteiger partial charge in [0.2, 0.25) is 0 Å². The predicted molar refractivity (Wildman–Crippen MR) is 145 cm³/mol. The third-order valence-electron chi connectivity index (χ3n) is 8.25. The third kappa shape index (κ3) is 6.69. The summed E-state index contributed by atoms with van der Waals surface area (Å²) in [5.74, 6) is -1.21. The van der Waals surface area contributed by atoms with E-state index in [0.29, 0.717) is 37.1 Å². The fourth-order valence-corrected chi connectivity index (χ4v) is 6.88.